The van der Waals surface area contributed by atoms with E-state index in [0.717, 1.165) is 19.4 Å². The topological polar surface area (TPSA) is 79.0 Å². The van der Waals surface area contributed by atoms with Gasteiger partial charge in [-0.2, -0.15) is 0 Å². The Kier molecular flexibility index (Phi) is 3.86. The standard InChI is InChI=1S/C18H21N3O4/c1-11-17(23)19-14-5-2-4-13(16(14)25-11)18(24)20-9-7-12(10-20)21-8-3-6-15(21)22/h2,4-5,11-12H,3,6-10H2,1H3,(H,19,23). The maximum absolute atomic E-state index is 13.0. The van der Waals surface area contributed by atoms with Crippen LogP contribution in [0.15, 0.2) is 18.2 Å². The van der Waals surface area contributed by atoms with Gasteiger partial charge in [0, 0.05) is 26.1 Å². The molecule has 0 aromatic heterocycles. The van der Waals surface area contributed by atoms with Crippen molar-refractivity contribution in [1.82, 2.24) is 9.80 Å². The number of rotatable bonds is 2. The fourth-order valence-electron chi connectivity index (χ4n) is 3.80. The van der Waals surface area contributed by atoms with Crippen LogP contribution in [0.3, 0.4) is 0 Å². The summed E-state index contributed by atoms with van der Waals surface area (Å²) in [5, 5.41) is 2.77. The van der Waals surface area contributed by atoms with E-state index >= 15 is 0 Å². The van der Waals surface area contributed by atoms with Gasteiger partial charge >= 0.3 is 0 Å². The van der Waals surface area contributed by atoms with Gasteiger partial charge in [-0.25, -0.2) is 0 Å². The van der Waals surface area contributed by atoms with E-state index in [0.29, 0.717) is 36.5 Å². The molecule has 4 rings (SSSR count). The third kappa shape index (κ3) is 2.73. The van der Waals surface area contributed by atoms with Crippen molar-refractivity contribution < 1.29 is 19.1 Å². The Labute approximate surface area is 145 Å². The second-order valence-electron chi connectivity index (χ2n) is 6.82. The highest BCUT2D eigenvalue weighted by Gasteiger charge is 2.36. The molecule has 132 valence electrons. The van der Waals surface area contributed by atoms with Gasteiger partial charge in [-0.05, 0) is 31.9 Å². The van der Waals surface area contributed by atoms with Crippen molar-refractivity contribution in [3.05, 3.63) is 23.8 Å². The molecular weight excluding hydrogens is 322 g/mol. The molecule has 3 aliphatic rings. The number of amides is 3. The molecule has 2 atom stereocenters. The Morgan fingerprint density at radius 3 is 2.88 bits per heavy atom. The first-order valence-electron chi connectivity index (χ1n) is 8.74. The van der Waals surface area contributed by atoms with E-state index < -0.39 is 6.10 Å². The molecule has 0 saturated carbocycles. The van der Waals surface area contributed by atoms with E-state index in [4.69, 9.17) is 4.74 Å². The lowest BCUT2D eigenvalue weighted by atomic mass is 10.1. The molecule has 2 unspecified atom stereocenters. The van der Waals surface area contributed by atoms with Crippen molar-refractivity contribution in [2.24, 2.45) is 0 Å². The van der Waals surface area contributed by atoms with E-state index in [1.807, 2.05) is 4.90 Å². The fourth-order valence-corrected chi connectivity index (χ4v) is 3.80. The minimum absolute atomic E-state index is 0.109. The van der Waals surface area contributed by atoms with Crippen LogP contribution in [0.5, 0.6) is 5.75 Å². The van der Waals surface area contributed by atoms with Crippen LogP contribution in [-0.2, 0) is 9.59 Å². The molecule has 3 aliphatic heterocycles. The quantitative estimate of drug-likeness (QED) is 0.876. The first kappa shape index (κ1) is 15.9. The number of hydrogen-bond acceptors (Lipinski definition) is 4. The van der Waals surface area contributed by atoms with Gasteiger partial charge in [0.05, 0.1) is 17.3 Å². The maximum Gasteiger partial charge on any atom is 0.265 e. The highest BCUT2D eigenvalue weighted by atomic mass is 16.5. The van der Waals surface area contributed by atoms with Crippen molar-refractivity contribution in [2.45, 2.75) is 38.3 Å². The summed E-state index contributed by atoms with van der Waals surface area (Å²) in [4.78, 5) is 40.3. The Morgan fingerprint density at radius 2 is 2.12 bits per heavy atom. The van der Waals surface area contributed by atoms with Crippen LogP contribution < -0.4 is 10.1 Å². The Balaban J connectivity index is 1.53. The van der Waals surface area contributed by atoms with Crippen molar-refractivity contribution in [2.75, 3.05) is 25.0 Å². The van der Waals surface area contributed by atoms with E-state index in [1.165, 1.54) is 0 Å². The monoisotopic (exact) mass is 343 g/mol. The molecule has 7 nitrogen and oxygen atoms in total. The fraction of sp³-hybridized carbons (Fsp3) is 0.500. The van der Waals surface area contributed by atoms with Crippen LogP contribution in [0.25, 0.3) is 0 Å². The Bertz CT molecular complexity index is 748. The van der Waals surface area contributed by atoms with Gasteiger partial charge in [0.25, 0.3) is 11.8 Å². The summed E-state index contributed by atoms with van der Waals surface area (Å²) in [5.41, 5.74) is 0.983. The number of fused-ring (bicyclic) bond motifs is 1. The number of nitrogens with zero attached hydrogens (tertiary/aromatic N) is 2. The first-order chi connectivity index (χ1) is 12.0. The molecule has 3 heterocycles. The second kappa shape index (κ2) is 6.06. The summed E-state index contributed by atoms with van der Waals surface area (Å²) >= 11 is 0. The third-order valence-electron chi connectivity index (χ3n) is 5.17. The molecule has 25 heavy (non-hydrogen) atoms. The van der Waals surface area contributed by atoms with Gasteiger partial charge in [0.1, 0.15) is 0 Å². The third-order valence-corrected chi connectivity index (χ3v) is 5.17. The molecule has 0 radical (unpaired) electrons. The number of carbonyl (C=O) groups excluding carboxylic acids is 3. The van der Waals surface area contributed by atoms with Crippen LogP contribution in [0, 0.1) is 0 Å². The number of anilines is 1. The van der Waals surface area contributed by atoms with E-state index in [-0.39, 0.29) is 23.8 Å². The lowest BCUT2D eigenvalue weighted by molar-refractivity contribution is -0.129. The van der Waals surface area contributed by atoms with Crippen molar-refractivity contribution in [3.8, 4) is 5.75 Å². The molecule has 2 saturated heterocycles. The van der Waals surface area contributed by atoms with Gasteiger partial charge in [0.2, 0.25) is 5.91 Å². The minimum atomic E-state index is -0.630. The number of ether oxygens (including phenoxy) is 1. The molecule has 0 aliphatic carbocycles. The number of nitrogens with one attached hydrogen (secondary N) is 1. The van der Waals surface area contributed by atoms with Gasteiger partial charge in [-0.3, -0.25) is 14.4 Å². The zero-order valence-corrected chi connectivity index (χ0v) is 14.2. The molecule has 1 N–H and O–H groups in total. The van der Waals surface area contributed by atoms with Crippen LogP contribution in [0.1, 0.15) is 36.5 Å². The minimum Gasteiger partial charge on any atom is -0.478 e. The normalized spacial score (nSPS) is 25.6. The smallest absolute Gasteiger partial charge is 0.265 e. The Morgan fingerprint density at radius 1 is 1.28 bits per heavy atom. The maximum atomic E-state index is 13.0. The SMILES string of the molecule is CC1Oc2c(cccc2C(=O)N2CCC(N3CCCC3=O)C2)NC1=O. The largest absolute Gasteiger partial charge is 0.478 e. The van der Waals surface area contributed by atoms with Crippen molar-refractivity contribution >= 4 is 23.4 Å². The molecule has 0 bridgehead atoms. The molecule has 1 aromatic rings. The van der Waals surface area contributed by atoms with Gasteiger partial charge in [-0.1, -0.05) is 6.07 Å². The number of likely N-dealkylation sites (tertiary alicyclic amines) is 2. The zero-order chi connectivity index (χ0) is 17.6. The summed E-state index contributed by atoms with van der Waals surface area (Å²) in [6, 6.07) is 5.30. The van der Waals surface area contributed by atoms with E-state index in [1.54, 1.807) is 30.0 Å². The van der Waals surface area contributed by atoms with Crippen molar-refractivity contribution in [1.29, 1.82) is 0 Å². The second-order valence-corrected chi connectivity index (χ2v) is 6.82. The summed E-state index contributed by atoms with van der Waals surface area (Å²) in [6.45, 7) is 3.62. The molecule has 2 fully saturated rings. The number of benzene rings is 1. The summed E-state index contributed by atoms with van der Waals surface area (Å²) in [6.07, 6.45) is 1.69. The lowest BCUT2D eigenvalue weighted by Crippen LogP contribution is -2.40. The number of para-hydroxylation sites is 1. The van der Waals surface area contributed by atoms with Gasteiger partial charge < -0.3 is 19.9 Å². The highest BCUT2D eigenvalue weighted by molar-refractivity contribution is 6.04. The predicted octanol–water partition coefficient (Wildman–Crippen LogP) is 1.24. The van der Waals surface area contributed by atoms with Crippen molar-refractivity contribution in [3.63, 3.8) is 0 Å². The van der Waals surface area contributed by atoms with Crippen LogP contribution in [0.4, 0.5) is 5.69 Å². The molecule has 0 spiro atoms. The lowest BCUT2D eigenvalue weighted by Gasteiger charge is -2.27. The Hall–Kier alpha value is -2.57. The molecule has 3 amide bonds. The molecule has 1 aromatic carbocycles. The molecular formula is C18H21N3O4. The van der Waals surface area contributed by atoms with Gasteiger partial charge in [-0.15, -0.1) is 0 Å². The molecule has 7 heteroatoms. The predicted molar refractivity (Wildman–Crippen MR) is 90.4 cm³/mol. The first-order valence-corrected chi connectivity index (χ1v) is 8.74. The average Bonchev–Trinajstić information content (AvgIpc) is 3.23. The zero-order valence-electron chi connectivity index (χ0n) is 14.2. The number of carbonyl (C=O) groups is 3. The number of hydrogen-bond donors (Lipinski definition) is 1. The average molecular weight is 343 g/mol. The van der Waals surface area contributed by atoms with Crippen LogP contribution >= 0.6 is 0 Å². The summed E-state index contributed by atoms with van der Waals surface area (Å²) in [5.74, 6) is 0.289. The van der Waals surface area contributed by atoms with E-state index in [9.17, 15) is 14.4 Å². The van der Waals surface area contributed by atoms with Crippen LogP contribution in [-0.4, -0.2) is 59.3 Å². The van der Waals surface area contributed by atoms with E-state index in [2.05, 4.69) is 5.32 Å². The summed E-state index contributed by atoms with van der Waals surface area (Å²) < 4.78 is 5.68. The summed E-state index contributed by atoms with van der Waals surface area (Å²) in [7, 11) is 0. The van der Waals surface area contributed by atoms with Gasteiger partial charge in [0.15, 0.2) is 11.9 Å². The highest BCUT2D eigenvalue weighted by Crippen LogP contribution is 2.35. The van der Waals surface area contributed by atoms with Crippen LogP contribution in [0.2, 0.25) is 0 Å².